The highest BCUT2D eigenvalue weighted by molar-refractivity contribution is 6.02. The molecule has 0 unspecified atom stereocenters. The smallest absolute Gasteiger partial charge is 0.264 e. The number of aromatic nitrogens is 1. The molecule has 29 heavy (non-hydrogen) atoms. The number of carbonyl (C=O) groups excluding carboxylic acids is 1. The van der Waals surface area contributed by atoms with Crippen LogP contribution in [0.3, 0.4) is 0 Å². The molecule has 1 aromatic heterocycles. The normalized spacial score (nSPS) is 14.8. The molecule has 1 aliphatic heterocycles. The Bertz CT molecular complexity index is 944. The Morgan fingerprint density at radius 1 is 1.17 bits per heavy atom. The molecule has 1 amide bonds. The average Bonchev–Trinajstić information content (AvgIpc) is 3.00. The number of rotatable bonds is 5. The molecule has 6 heteroatoms. The molecule has 0 atom stereocenters. The van der Waals surface area contributed by atoms with Crippen molar-refractivity contribution in [3.8, 4) is 6.07 Å². The number of hydrogen-bond donors (Lipinski definition) is 0. The molecule has 152 valence electrons. The number of halogens is 1. The van der Waals surface area contributed by atoms with Gasteiger partial charge in [0.25, 0.3) is 5.91 Å². The van der Waals surface area contributed by atoms with Crippen molar-refractivity contribution in [2.45, 2.75) is 33.7 Å². The predicted molar refractivity (Wildman–Crippen MR) is 113 cm³/mol. The largest absolute Gasteiger partial charge is 0.368 e. The van der Waals surface area contributed by atoms with Gasteiger partial charge in [0, 0.05) is 49.8 Å². The molecule has 0 aliphatic carbocycles. The summed E-state index contributed by atoms with van der Waals surface area (Å²) in [4.78, 5) is 16.8. The van der Waals surface area contributed by atoms with Crippen LogP contribution in [0.4, 0.5) is 10.1 Å². The van der Waals surface area contributed by atoms with Crippen LogP contribution in [0.5, 0.6) is 0 Å². The van der Waals surface area contributed by atoms with Crippen molar-refractivity contribution in [3.05, 3.63) is 58.7 Å². The monoisotopic (exact) mass is 394 g/mol. The summed E-state index contributed by atoms with van der Waals surface area (Å²) in [5.41, 5.74) is 4.24. The highest BCUT2D eigenvalue weighted by Gasteiger charge is 2.24. The third kappa shape index (κ3) is 4.51. The molecule has 0 spiro atoms. The second-order valence-corrected chi connectivity index (χ2v) is 7.40. The summed E-state index contributed by atoms with van der Waals surface area (Å²) in [7, 11) is 0. The van der Waals surface area contributed by atoms with Crippen molar-refractivity contribution >= 4 is 17.7 Å². The van der Waals surface area contributed by atoms with E-state index in [1.165, 1.54) is 12.1 Å². The van der Waals surface area contributed by atoms with Crippen molar-refractivity contribution < 1.29 is 9.18 Å². The van der Waals surface area contributed by atoms with Crippen molar-refractivity contribution in [2.75, 3.05) is 31.1 Å². The second kappa shape index (κ2) is 8.95. The summed E-state index contributed by atoms with van der Waals surface area (Å²) in [5.74, 6) is -0.490. The first-order chi connectivity index (χ1) is 13.9. The van der Waals surface area contributed by atoms with Crippen LogP contribution >= 0.6 is 0 Å². The van der Waals surface area contributed by atoms with E-state index >= 15 is 0 Å². The van der Waals surface area contributed by atoms with Crippen molar-refractivity contribution in [1.29, 1.82) is 5.26 Å². The fourth-order valence-corrected chi connectivity index (χ4v) is 3.83. The van der Waals surface area contributed by atoms with Gasteiger partial charge in [0.15, 0.2) is 0 Å². The summed E-state index contributed by atoms with van der Waals surface area (Å²) in [5, 5.41) is 9.60. The summed E-state index contributed by atoms with van der Waals surface area (Å²) < 4.78 is 15.3. The second-order valence-electron chi connectivity index (χ2n) is 7.40. The molecule has 0 radical (unpaired) electrons. The molecule has 1 aliphatic rings. The first kappa shape index (κ1) is 20.7. The fraction of sp³-hybridized carbons (Fsp3) is 0.391. The van der Waals surface area contributed by atoms with Crippen molar-refractivity contribution in [2.24, 2.45) is 0 Å². The molecule has 1 aromatic carbocycles. The predicted octanol–water partition coefficient (Wildman–Crippen LogP) is 3.91. The van der Waals surface area contributed by atoms with Crippen molar-refractivity contribution in [1.82, 2.24) is 9.47 Å². The standard InChI is InChI=1S/C23H27FN4O/c1-4-9-28-17(2)14-19(18(28)3)15-20(16-25)23(29)27-12-10-26(11-13-27)22-7-5-21(24)6-8-22/h5-8,14-15H,4,9-13H2,1-3H3/b20-15+. The fourth-order valence-electron chi connectivity index (χ4n) is 3.83. The number of carbonyl (C=O) groups is 1. The number of amides is 1. The Labute approximate surface area is 171 Å². The van der Waals surface area contributed by atoms with Gasteiger partial charge in [0.1, 0.15) is 17.5 Å². The first-order valence-electron chi connectivity index (χ1n) is 10.0. The minimum absolute atomic E-state index is 0.164. The van der Waals surface area contributed by atoms with Gasteiger partial charge in [-0.05, 0) is 62.2 Å². The van der Waals surface area contributed by atoms with Crippen LogP contribution in [0.1, 0.15) is 30.3 Å². The molecular weight excluding hydrogens is 367 g/mol. The van der Waals surface area contributed by atoms with E-state index in [1.54, 1.807) is 23.1 Å². The lowest BCUT2D eigenvalue weighted by Crippen LogP contribution is -2.49. The molecule has 2 aromatic rings. The number of aryl methyl sites for hydroxylation is 1. The van der Waals surface area contributed by atoms with Crippen molar-refractivity contribution in [3.63, 3.8) is 0 Å². The van der Waals surface area contributed by atoms with Crippen LogP contribution in [-0.2, 0) is 11.3 Å². The van der Waals surface area contributed by atoms with Crippen LogP contribution in [0.2, 0.25) is 0 Å². The summed E-state index contributed by atoms with van der Waals surface area (Å²) >= 11 is 0. The minimum Gasteiger partial charge on any atom is -0.368 e. The van der Waals surface area contributed by atoms with E-state index < -0.39 is 0 Å². The highest BCUT2D eigenvalue weighted by Crippen LogP contribution is 2.21. The highest BCUT2D eigenvalue weighted by atomic mass is 19.1. The Hall–Kier alpha value is -3.07. The molecule has 5 nitrogen and oxygen atoms in total. The van der Waals surface area contributed by atoms with E-state index in [2.05, 4.69) is 22.5 Å². The van der Waals surface area contributed by atoms with Gasteiger partial charge >= 0.3 is 0 Å². The van der Waals surface area contributed by atoms with Gasteiger partial charge in [-0.25, -0.2) is 4.39 Å². The molecule has 0 saturated carbocycles. The first-order valence-corrected chi connectivity index (χ1v) is 10.0. The topological polar surface area (TPSA) is 52.3 Å². The minimum atomic E-state index is -0.260. The third-order valence-corrected chi connectivity index (χ3v) is 5.47. The Kier molecular flexibility index (Phi) is 6.38. The van der Waals surface area contributed by atoms with Crippen LogP contribution in [-0.4, -0.2) is 41.6 Å². The van der Waals surface area contributed by atoms with E-state index in [0.29, 0.717) is 26.2 Å². The maximum atomic E-state index is 13.1. The zero-order valence-corrected chi connectivity index (χ0v) is 17.3. The van der Waals surface area contributed by atoms with E-state index in [1.807, 2.05) is 19.9 Å². The van der Waals surface area contributed by atoms with Crippen LogP contribution in [0.25, 0.3) is 6.08 Å². The summed E-state index contributed by atoms with van der Waals surface area (Å²) in [6, 6.07) is 10.5. The van der Waals surface area contributed by atoms with Crippen LogP contribution in [0, 0.1) is 31.0 Å². The van der Waals surface area contributed by atoms with E-state index in [0.717, 1.165) is 35.6 Å². The van der Waals surface area contributed by atoms with Gasteiger partial charge < -0.3 is 14.4 Å². The SMILES string of the molecule is CCCn1c(C)cc(/C=C(\C#N)C(=O)N2CCN(c3ccc(F)cc3)CC2)c1C. The quantitative estimate of drug-likeness (QED) is 0.571. The summed E-state index contributed by atoms with van der Waals surface area (Å²) in [6.45, 7) is 9.49. The number of piperazine rings is 1. The third-order valence-electron chi connectivity index (χ3n) is 5.47. The average molecular weight is 394 g/mol. The maximum absolute atomic E-state index is 13.1. The lowest BCUT2D eigenvalue weighted by molar-refractivity contribution is -0.126. The Morgan fingerprint density at radius 3 is 2.41 bits per heavy atom. The number of hydrogen-bond acceptors (Lipinski definition) is 3. The van der Waals surface area contributed by atoms with Crippen LogP contribution in [0.15, 0.2) is 35.9 Å². The molecule has 0 bridgehead atoms. The number of benzene rings is 1. The number of anilines is 1. The summed E-state index contributed by atoms with van der Waals surface area (Å²) in [6.07, 6.45) is 2.74. The lowest BCUT2D eigenvalue weighted by Gasteiger charge is -2.36. The van der Waals surface area contributed by atoms with Gasteiger partial charge in [-0.1, -0.05) is 6.92 Å². The maximum Gasteiger partial charge on any atom is 0.264 e. The van der Waals surface area contributed by atoms with E-state index in [-0.39, 0.29) is 17.3 Å². The molecule has 2 heterocycles. The van der Waals surface area contributed by atoms with Crippen LogP contribution < -0.4 is 4.90 Å². The number of nitrogens with zero attached hydrogens (tertiary/aromatic N) is 4. The zero-order valence-electron chi connectivity index (χ0n) is 17.3. The molecular formula is C23H27FN4O. The van der Waals surface area contributed by atoms with E-state index in [4.69, 9.17) is 0 Å². The van der Waals surface area contributed by atoms with Gasteiger partial charge in [0.05, 0.1) is 0 Å². The van der Waals surface area contributed by atoms with E-state index in [9.17, 15) is 14.4 Å². The zero-order chi connectivity index (χ0) is 21.0. The van der Waals surface area contributed by atoms with Gasteiger partial charge in [-0.15, -0.1) is 0 Å². The number of nitriles is 1. The molecule has 1 fully saturated rings. The van der Waals surface area contributed by atoms with Gasteiger partial charge in [-0.2, -0.15) is 5.26 Å². The molecule has 0 N–H and O–H groups in total. The molecule has 1 saturated heterocycles. The Balaban J connectivity index is 1.71. The lowest BCUT2D eigenvalue weighted by atomic mass is 10.1. The molecule has 3 rings (SSSR count). The van der Waals surface area contributed by atoms with Gasteiger partial charge in [0.2, 0.25) is 0 Å². The Morgan fingerprint density at radius 2 is 1.83 bits per heavy atom. The van der Waals surface area contributed by atoms with Gasteiger partial charge in [-0.3, -0.25) is 4.79 Å².